The number of hydrogen-bond acceptors (Lipinski definition) is 4. The Balaban J connectivity index is 1.68. The Morgan fingerprint density at radius 3 is 3.05 bits per heavy atom. The fraction of sp³-hybridized carbons (Fsp3) is 0.625. The summed E-state index contributed by atoms with van der Waals surface area (Å²) in [5.74, 6) is 1.06. The SMILES string of the molecule is COCCNCCN(C)CC1Cc2cc(C)ccc2O1. The summed E-state index contributed by atoms with van der Waals surface area (Å²) in [5, 5.41) is 3.36. The van der Waals surface area contributed by atoms with Crippen molar-refractivity contribution in [2.24, 2.45) is 0 Å². The standard InChI is InChI=1S/C16H26N2O2/c1-13-4-5-16-14(10-13)11-15(20-16)12-18(2)8-6-17-7-9-19-3/h4-5,10,15,17H,6-9,11-12H2,1-3H3. The Kier molecular flexibility index (Phi) is 5.83. The lowest BCUT2D eigenvalue weighted by Crippen LogP contribution is -2.37. The number of ether oxygens (including phenoxy) is 2. The van der Waals surface area contributed by atoms with Crippen LogP contribution in [0.1, 0.15) is 11.1 Å². The van der Waals surface area contributed by atoms with Crippen LogP contribution in [0.2, 0.25) is 0 Å². The molecule has 4 nitrogen and oxygen atoms in total. The third-order valence-electron chi connectivity index (χ3n) is 3.63. The topological polar surface area (TPSA) is 33.7 Å². The van der Waals surface area contributed by atoms with Crippen molar-refractivity contribution in [1.82, 2.24) is 10.2 Å². The normalized spacial score (nSPS) is 17.3. The van der Waals surface area contributed by atoms with Crippen LogP contribution in [0.5, 0.6) is 5.75 Å². The van der Waals surface area contributed by atoms with Crippen LogP contribution < -0.4 is 10.1 Å². The first-order valence-corrected chi connectivity index (χ1v) is 7.33. The van der Waals surface area contributed by atoms with Gasteiger partial charge in [0.15, 0.2) is 0 Å². The highest BCUT2D eigenvalue weighted by atomic mass is 16.5. The molecule has 112 valence electrons. The summed E-state index contributed by atoms with van der Waals surface area (Å²) in [6, 6.07) is 6.45. The van der Waals surface area contributed by atoms with Gasteiger partial charge in [0.2, 0.25) is 0 Å². The second-order valence-electron chi connectivity index (χ2n) is 5.56. The van der Waals surface area contributed by atoms with E-state index in [-0.39, 0.29) is 6.10 Å². The molecule has 1 aliphatic rings. The predicted molar refractivity (Wildman–Crippen MR) is 81.5 cm³/mol. The average molecular weight is 278 g/mol. The van der Waals surface area contributed by atoms with Gasteiger partial charge in [-0.2, -0.15) is 0 Å². The lowest BCUT2D eigenvalue weighted by atomic mass is 10.1. The molecule has 1 heterocycles. The minimum atomic E-state index is 0.288. The van der Waals surface area contributed by atoms with E-state index in [0.29, 0.717) is 0 Å². The molecule has 0 radical (unpaired) electrons. The number of methoxy groups -OCH3 is 1. The highest BCUT2D eigenvalue weighted by Crippen LogP contribution is 2.29. The number of nitrogens with zero attached hydrogens (tertiary/aromatic N) is 1. The van der Waals surface area contributed by atoms with Crippen LogP contribution in [0, 0.1) is 6.92 Å². The molecule has 2 rings (SSSR count). The molecule has 0 amide bonds. The maximum absolute atomic E-state index is 6.00. The van der Waals surface area contributed by atoms with Crippen molar-refractivity contribution < 1.29 is 9.47 Å². The second kappa shape index (κ2) is 7.62. The van der Waals surface area contributed by atoms with Crippen LogP contribution >= 0.6 is 0 Å². The van der Waals surface area contributed by atoms with Gasteiger partial charge in [-0.3, -0.25) is 0 Å². The molecule has 1 atom stereocenters. The van der Waals surface area contributed by atoms with E-state index in [9.17, 15) is 0 Å². The van der Waals surface area contributed by atoms with Gasteiger partial charge in [-0.1, -0.05) is 17.7 Å². The van der Waals surface area contributed by atoms with E-state index in [0.717, 1.165) is 45.0 Å². The summed E-state index contributed by atoms with van der Waals surface area (Å²) < 4.78 is 11.0. The number of aryl methyl sites for hydroxylation is 1. The molecule has 1 unspecified atom stereocenters. The van der Waals surface area contributed by atoms with Crippen molar-refractivity contribution in [3.05, 3.63) is 29.3 Å². The van der Waals surface area contributed by atoms with E-state index in [1.807, 2.05) is 0 Å². The quantitative estimate of drug-likeness (QED) is 0.730. The van der Waals surface area contributed by atoms with Gasteiger partial charge in [-0.15, -0.1) is 0 Å². The van der Waals surface area contributed by atoms with Crippen LogP contribution in [0.25, 0.3) is 0 Å². The van der Waals surface area contributed by atoms with Crippen LogP contribution in [-0.2, 0) is 11.2 Å². The maximum Gasteiger partial charge on any atom is 0.123 e. The molecule has 0 saturated heterocycles. The number of benzene rings is 1. The molecule has 0 saturated carbocycles. The van der Waals surface area contributed by atoms with Crippen molar-refractivity contribution in [3.63, 3.8) is 0 Å². The lowest BCUT2D eigenvalue weighted by Gasteiger charge is -2.20. The second-order valence-corrected chi connectivity index (χ2v) is 5.56. The minimum absolute atomic E-state index is 0.288. The van der Waals surface area contributed by atoms with E-state index >= 15 is 0 Å². The molecule has 0 bridgehead atoms. The van der Waals surface area contributed by atoms with Gasteiger partial charge in [-0.05, 0) is 25.6 Å². The van der Waals surface area contributed by atoms with Crippen LogP contribution in [0.15, 0.2) is 18.2 Å². The van der Waals surface area contributed by atoms with Gasteiger partial charge in [0, 0.05) is 39.7 Å². The Bertz CT molecular complexity index is 423. The summed E-state index contributed by atoms with van der Waals surface area (Å²) in [6.07, 6.45) is 1.31. The van der Waals surface area contributed by atoms with E-state index in [1.165, 1.54) is 11.1 Å². The van der Waals surface area contributed by atoms with Crippen molar-refractivity contribution >= 4 is 0 Å². The fourth-order valence-electron chi connectivity index (χ4n) is 2.56. The van der Waals surface area contributed by atoms with E-state index in [1.54, 1.807) is 7.11 Å². The third-order valence-corrected chi connectivity index (χ3v) is 3.63. The van der Waals surface area contributed by atoms with Crippen molar-refractivity contribution in [2.45, 2.75) is 19.4 Å². The van der Waals surface area contributed by atoms with E-state index in [4.69, 9.17) is 9.47 Å². The van der Waals surface area contributed by atoms with E-state index in [2.05, 4.69) is 42.4 Å². The number of likely N-dealkylation sites (N-methyl/N-ethyl adjacent to an activating group) is 1. The Morgan fingerprint density at radius 2 is 2.25 bits per heavy atom. The molecular formula is C16H26N2O2. The van der Waals surface area contributed by atoms with Crippen LogP contribution in [0.4, 0.5) is 0 Å². The number of fused-ring (bicyclic) bond motifs is 1. The molecule has 20 heavy (non-hydrogen) atoms. The Hall–Kier alpha value is -1.10. The van der Waals surface area contributed by atoms with Gasteiger partial charge in [0.25, 0.3) is 0 Å². The fourth-order valence-corrected chi connectivity index (χ4v) is 2.56. The average Bonchev–Trinajstić information content (AvgIpc) is 2.79. The largest absolute Gasteiger partial charge is 0.488 e. The zero-order valence-electron chi connectivity index (χ0n) is 12.8. The zero-order chi connectivity index (χ0) is 14.4. The number of rotatable bonds is 8. The Labute approximate surface area is 122 Å². The monoisotopic (exact) mass is 278 g/mol. The summed E-state index contributed by atoms with van der Waals surface area (Å²) in [7, 11) is 3.88. The molecule has 1 aromatic rings. The number of nitrogens with one attached hydrogen (secondary N) is 1. The first kappa shape index (κ1) is 15.3. The van der Waals surface area contributed by atoms with Crippen molar-refractivity contribution in [3.8, 4) is 5.75 Å². The first-order valence-electron chi connectivity index (χ1n) is 7.33. The van der Waals surface area contributed by atoms with Crippen LogP contribution in [-0.4, -0.2) is 57.9 Å². The molecule has 0 aromatic heterocycles. The van der Waals surface area contributed by atoms with Gasteiger partial charge >= 0.3 is 0 Å². The first-order chi connectivity index (χ1) is 9.69. The molecule has 1 aromatic carbocycles. The van der Waals surface area contributed by atoms with Crippen molar-refractivity contribution in [2.75, 3.05) is 46.9 Å². The zero-order valence-corrected chi connectivity index (χ0v) is 12.8. The molecule has 0 spiro atoms. The summed E-state index contributed by atoms with van der Waals surface area (Å²) in [5.41, 5.74) is 2.66. The predicted octanol–water partition coefficient (Wildman–Crippen LogP) is 1.47. The van der Waals surface area contributed by atoms with E-state index < -0.39 is 0 Å². The molecule has 1 aliphatic heterocycles. The highest BCUT2D eigenvalue weighted by molar-refractivity contribution is 5.40. The Morgan fingerprint density at radius 1 is 1.40 bits per heavy atom. The lowest BCUT2D eigenvalue weighted by molar-refractivity contribution is 0.166. The van der Waals surface area contributed by atoms with Gasteiger partial charge in [-0.25, -0.2) is 0 Å². The van der Waals surface area contributed by atoms with Gasteiger partial charge < -0.3 is 19.7 Å². The summed E-state index contributed by atoms with van der Waals surface area (Å²) in [4.78, 5) is 2.32. The molecular weight excluding hydrogens is 252 g/mol. The molecule has 0 fully saturated rings. The minimum Gasteiger partial charge on any atom is -0.488 e. The molecule has 0 aliphatic carbocycles. The van der Waals surface area contributed by atoms with Crippen LogP contribution in [0.3, 0.4) is 0 Å². The summed E-state index contributed by atoms with van der Waals surface area (Å²) >= 11 is 0. The smallest absolute Gasteiger partial charge is 0.123 e. The van der Waals surface area contributed by atoms with Gasteiger partial charge in [0.05, 0.1) is 6.61 Å². The third kappa shape index (κ3) is 4.47. The van der Waals surface area contributed by atoms with Crippen molar-refractivity contribution in [1.29, 1.82) is 0 Å². The maximum atomic E-state index is 6.00. The highest BCUT2D eigenvalue weighted by Gasteiger charge is 2.23. The summed E-state index contributed by atoms with van der Waals surface area (Å²) in [6.45, 7) is 6.79. The molecule has 4 heteroatoms. The molecule has 1 N–H and O–H groups in total. The number of hydrogen-bond donors (Lipinski definition) is 1. The van der Waals surface area contributed by atoms with Gasteiger partial charge in [0.1, 0.15) is 11.9 Å².